The molecule has 0 saturated carbocycles. The van der Waals surface area contributed by atoms with Gasteiger partial charge in [0.25, 0.3) is 6.43 Å². The van der Waals surface area contributed by atoms with Crippen molar-refractivity contribution in [1.82, 2.24) is 4.98 Å². The molecule has 0 aliphatic heterocycles. The topological polar surface area (TPSA) is 50.2 Å². The van der Waals surface area contributed by atoms with Crippen LogP contribution in [0.5, 0.6) is 0 Å². The lowest BCUT2D eigenvalue weighted by atomic mass is 10.1. The van der Waals surface area contributed by atoms with E-state index in [2.05, 4.69) is 4.98 Å². The summed E-state index contributed by atoms with van der Waals surface area (Å²) in [5.74, 6) is -1.15. The van der Waals surface area contributed by atoms with Gasteiger partial charge in [-0.2, -0.15) is 0 Å². The molecule has 1 N–H and O–H groups in total. The van der Waals surface area contributed by atoms with E-state index in [4.69, 9.17) is 16.7 Å². The number of rotatable bonds is 4. The second kappa shape index (κ2) is 5.02. The molecule has 0 aromatic carbocycles. The summed E-state index contributed by atoms with van der Waals surface area (Å²) in [4.78, 5) is 14.0. The summed E-state index contributed by atoms with van der Waals surface area (Å²) in [6, 6.07) is 2.76. The van der Waals surface area contributed by atoms with Gasteiger partial charge in [0.05, 0.1) is 18.0 Å². The Morgan fingerprint density at radius 3 is 2.67 bits per heavy atom. The van der Waals surface area contributed by atoms with E-state index in [1.54, 1.807) is 0 Å². The number of hydrogen-bond acceptors (Lipinski definition) is 2. The second-order valence-electron chi connectivity index (χ2n) is 2.85. The van der Waals surface area contributed by atoms with Crippen molar-refractivity contribution in [2.24, 2.45) is 0 Å². The number of hydrogen-bond donors (Lipinski definition) is 1. The summed E-state index contributed by atoms with van der Waals surface area (Å²) in [6.45, 7) is 0. The van der Waals surface area contributed by atoms with E-state index >= 15 is 0 Å². The van der Waals surface area contributed by atoms with Gasteiger partial charge in [0.2, 0.25) is 0 Å². The molecule has 3 nitrogen and oxygen atoms in total. The highest BCUT2D eigenvalue weighted by molar-refractivity contribution is 6.16. The molecule has 1 rings (SSSR count). The first-order chi connectivity index (χ1) is 7.04. The van der Waals surface area contributed by atoms with Crippen LogP contribution in [0.2, 0.25) is 0 Å². The highest BCUT2D eigenvalue weighted by atomic mass is 35.5. The average molecular weight is 236 g/mol. The molecule has 1 heterocycles. The van der Waals surface area contributed by atoms with Gasteiger partial charge in [0.15, 0.2) is 0 Å². The quantitative estimate of drug-likeness (QED) is 0.816. The minimum atomic E-state index is -2.79. The Morgan fingerprint density at radius 2 is 2.20 bits per heavy atom. The van der Waals surface area contributed by atoms with Crippen molar-refractivity contribution in [3.63, 3.8) is 0 Å². The highest BCUT2D eigenvalue weighted by Crippen LogP contribution is 2.22. The molecule has 0 unspecified atom stereocenters. The van der Waals surface area contributed by atoms with Gasteiger partial charge < -0.3 is 5.11 Å². The maximum absolute atomic E-state index is 12.5. The number of carbonyl (C=O) groups is 1. The monoisotopic (exact) mass is 235 g/mol. The third kappa shape index (κ3) is 3.13. The van der Waals surface area contributed by atoms with Crippen molar-refractivity contribution in [2.75, 3.05) is 0 Å². The Bertz CT molecular complexity index is 371. The molecule has 82 valence electrons. The highest BCUT2D eigenvalue weighted by Gasteiger charge is 2.17. The summed E-state index contributed by atoms with van der Waals surface area (Å²) in [5.41, 5.74) is -0.178. The number of aromatic nitrogens is 1. The molecule has 0 bridgehead atoms. The van der Waals surface area contributed by atoms with E-state index in [-0.39, 0.29) is 11.4 Å². The predicted octanol–water partition coefficient (Wildman–Crippen LogP) is 2.39. The number of pyridine rings is 1. The van der Waals surface area contributed by atoms with Crippen LogP contribution in [0.25, 0.3) is 0 Å². The van der Waals surface area contributed by atoms with Crippen LogP contribution in [0.3, 0.4) is 0 Å². The fourth-order valence-corrected chi connectivity index (χ4v) is 1.27. The zero-order valence-corrected chi connectivity index (χ0v) is 8.34. The van der Waals surface area contributed by atoms with Gasteiger partial charge in [-0.25, -0.2) is 8.78 Å². The summed E-state index contributed by atoms with van der Waals surface area (Å²) >= 11 is 5.44. The van der Waals surface area contributed by atoms with Gasteiger partial charge in [-0.3, -0.25) is 9.78 Å². The number of aliphatic carboxylic acids is 1. The van der Waals surface area contributed by atoms with Gasteiger partial charge in [-0.15, -0.1) is 11.6 Å². The van der Waals surface area contributed by atoms with Gasteiger partial charge in [0, 0.05) is 0 Å². The molecule has 0 radical (unpaired) electrons. The van der Waals surface area contributed by atoms with E-state index in [0.717, 1.165) is 0 Å². The van der Waals surface area contributed by atoms with Gasteiger partial charge in [-0.05, 0) is 11.6 Å². The van der Waals surface area contributed by atoms with E-state index in [1.807, 2.05) is 0 Å². The van der Waals surface area contributed by atoms with Crippen LogP contribution in [0.1, 0.15) is 23.4 Å². The zero-order chi connectivity index (χ0) is 11.4. The lowest BCUT2D eigenvalue weighted by Gasteiger charge is -2.07. The standard InChI is InChI=1S/C9H8ClF2NO2/c10-4-6-2-1-5(3-7(14)15)8(13-6)9(11)12/h1-2,9H,3-4H2,(H,14,15). The van der Waals surface area contributed by atoms with Crippen molar-refractivity contribution >= 4 is 17.6 Å². The minimum Gasteiger partial charge on any atom is -0.481 e. The zero-order valence-electron chi connectivity index (χ0n) is 7.58. The van der Waals surface area contributed by atoms with Crippen LogP contribution in [-0.4, -0.2) is 16.1 Å². The van der Waals surface area contributed by atoms with Crippen molar-refractivity contribution in [3.05, 3.63) is 29.1 Å². The SMILES string of the molecule is O=C(O)Cc1ccc(CCl)nc1C(F)F. The van der Waals surface area contributed by atoms with Crippen molar-refractivity contribution < 1.29 is 18.7 Å². The Labute approximate surface area is 89.7 Å². The van der Waals surface area contributed by atoms with Crippen LogP contribution in [-0.2, 0) is 17.1 Å². The molecule has 0 spiro atoms. The first kappa shape index (κ1) is 11.8. The maximum atomic E-state index is 12.5. The summed E-state index contributed by atoms with van der Waals surface area (Å²) < 4.78 is 25.0. The molecule has 0 aliphatic carbocycles. The molecule has 0 aliphatic rings. The number of halogens is 3. The molecule has 0 saturated heterocycles. The van der Waals surface area contributed by atoms with Gasteiger partial charge in [0.1, 0.15) is 5.69 Å². The number of nitrogens with zero attached hydrogens (tertiary/aromatic N) is 1. The van der Waals surface area contributed by atoms with E-state index in [9.17, 15) is 13.6 Å². The Kier molecular flexibility index (Phi) is 3.96. The van der Waals surface area contributed by atoms with Crippen molar-refractivity contribution in [1.29, 1.82) is 0 Å². The van der Waals surface area contributed by atoms with Crippen LogP contribution < -0.4 is 0 Å². The Hall–Kier alpha value is -1.23. The number of carboxylic acids is 1. The molecule has 0 amide bonds. The maximum Gasteiger partial charge on any atom is 0.307 e. The van der Waals surface area contributed by atoms with Crippen LogP contribution in [0, 0.1) is 0 Å². The van der Waals surface area contributed by atoms with E-state index in [0.29, 0.717) is 5.69 Å². The molecule has 1 aromatic rings. The minimum absolute atomic E-state index is 0.0198. The normalized spacial score (nSPS) is 10.7. The molecular weight excluding hydrogens is 228 g/mol. The van der Waals surface area contributed by atoms with E-state index < -0.39 is 24.5 Å². The number of alkyl halides is 3. The smallest absolute Gasteiger partial charge is 0.307 e. The van der Waals surface area contributed by atoms with Gasteiger partial charge in [-0.1, -0.05) is 6.07 Å². The fraction of sp³-hybridized carbons (Fsp3) is 0.333. The average Bonchev–Trinajstić information content (AvgIpc) is 2.17. The molecule has 0 fully saturated rings. The van der Waals surface area contributed by atoms with Crippen LogP contribution in [0.4, 0.5) is 8.78 Å². The third-order valence-corrected chi connectivity index (χ3v) is 2.03. The summed E-state index contributed by atoms with van der Waals surface area (Å²) in [5, 5.41) is 8.50. The fourth-order valence-electron chi connectivity index (χ4n) is 1.12. The predicted molar refractivity (Wildman–Crippen MR) is 50.1 cm³/mol. The lowest BCUT2D eigenvalue weighted by molar-refractivity contribution is -0.136. The molecular formula is C9H8ClF2NO2. The Balaban J connectivity index is 3.09. The first-order valence-corrected chi connectivity index (χ1v) is 4.62. The van der Waals surface area contributed by atoms with Crippen molar-refractivity contribution in [3.8, 4) is 0 Å². The first-order valence-electron chi connectivity index (χ1n) is 4.09. The molecule has 0 atom stereocenters. The molecule has 6 heteroatoms. The van der Waals surface area contributed by atoms with Crippen molar-refractivity contribution in [2.45, 2.75) is 18.7 Å². The Morgan fingerprint density at radius 1 is 1.53 bits per heavy atom. The largest absolute Gasteiger partial charge is 0.481 e. The third-order valence-electron chi connectivity index (χ3n) is 1.76. The second-order valence-corrected chi connectivity index (χ2v) is 3.12. The summed E-state index contributed by atoms with van der Waals surface area (Å²) in [6.07, 6.45) is -3.25. The van der Waals surface area contributed by atoms with E-state index in [1.165, 1.54) is 12.1 Å². The van der Waals surface area contributed by atoms with Gasteiger partial charge >= 0.3 is 5.97 Å². The lowest BCUT2D eigenvalue weighted by Crippen LogP contribution is -2.07. The van der Waals surface area contributed by atoms with Crippen LogP contribution in [0.15, 0.2) is 12.1 Å². The number of carboxylic acid groups (broad SMARTS) is 1. The van der Waals surface area contributed by atoms with Crippen LogP contribution >= 0.6 is 11.6 Å². The molecule has 1 aromatic heterocycles. The summed E-state index contributed by atoms with van der Waals surface area (Å²) in [7, 11) is 0. The molecule has 15 heavy (non-hydrogen) atoms.